The number of nitrogens with one attached hydrogen (secondary N) is 1. The van der Waals surface area contributed by atoms with Crippen LogP contribution in [-0.4, -0.2) is 22.6 Å². The Morgan fingerprint density at radius 3 is 2.85 bits per heavy atom. The number of rotatable bonds is 4. The van der Waals surface area contributed by atoms with Gasteiger partial charge in [-0.15, -0.1) is 11.3 Å². The van der Waals surface area contributed by atoms with Gasteiger partial charge in [-0.3, -0.25) is 0 Å². The quantitative estimate of drug-likeness (QED) is 0.768. The van der Waals surface area contributed by atoms with Gasteiger partial charge in [0.15, 0.2) is 5.69 Å². The van der Waals surface area contributed by atoms with Gasteiger partial charge >= 0.3 is 5.97 Å². The van der Waals surface area contributed by atoms with Crippen LogP contribution in [-0.2, 0) is 6.54 Å². The first-order chi connectivity index (χ1) is 6.15. The molecule has 0 saturated carbocycles. The molecular weight excluding hydrogens is 188 g/mol. The molecule has 2 N–H and O–H groups in total. The van der Waals surface area contributed by atoms with Crippen LogP contribution in [0.4, 0.5) is 0 Å². The van der Waals surface area contributed by atoms with Gasteiger partial charge in [-0.25, -0.2) is 9.78 Å². The molecule has 13 heavy (non-hydrogen) atoms. The fraction of sp³-hybridized carbons (Fsp3) is 0.500. The van der Waals surface area contributed by atoms with Crippen molar-refractivity contribution in [2.75, 3.05) is 6.54 Å². The molecule has 0 aromatic carbocycles. The molecule has 1 heterocycles. The van der Waals surface area contributed by atoms with Crippen molar-refractivity contribution in [3.05, 3.63) is 15.6 Å². The van der Waals surface area contributed by atoms with Gasteiger partial charge in [0.05, 0.1) is 0 Å². The molecule has 0 atom stereocenters. The first-order valence-electron chi connectivity index (χ1n) is 4.05. The van der Waals surface area contributed by atoms with E-state index in [1.807, 2.05) is 6.92 Å². The number of carboxylic acids is 1. The van der Waals surface area contributed by atoms with Crippen molar-refractivity contribution < 1.29 is 9.90 Å². The molecule has 0 amide bonds. The molecule has 0 bridgehead atoms. The van der Waals surface area contributed by atoms with E-state index >= 15 is 0 Å². The minimum atomic E-state index is -0.948. The van der Waals surface area contributed by atoms with Gasteiger partial charge in [-0.1, -0.05) is 6.92 Å². The summed E-state index contributed by atoms with van der Waals surface area (Å²) in [5.74, 6) is -0.948. The standard InChI is InChI=1S/C8H12N2O2S/c1-3-9-4-6-10-7(8(11)12)5(2)13-6/h9H,3-4H2,1-2H3,(H,11,12). The van der Waals surface area contributed by atoms with Gasteiger partial charge in [0.1, 0.15) is 5.01 Å². The highest BCUT2D eigenvalue weighted by Crippen LogP contribution is 2.16. The Morgan fingerprint density at radius 1 is 1.69 bits per heavy atom. The number of carboxylic acid groups (broad SMARTS) is 1. The van der Waals surface area contributed by atoms with E-state index in [9.17, 15) is 4.79 Å². The minimum absolute atomic E-state index is 0.179. The second-order valence-electron chi connectivity index (χ2n) is 2.60. The lowest BCUT2D eigenvalue weighted by atomic mass is 10.4. The zero-order valence-corrected chi connectivity index (χ0v) is 8.44. The van der Waals surface area contributed by atoms with Crippen molar-refractivity contribution in [2.24, 2.45) is 0 Å². The Bertz CT molecular complexity index is 309. The molecule has 1 rings (SSSR count). The minimum Gasteiger partial charge on any atom is -0.476 e. The van der Waals surface area contributed by atoms with Crippen LogP contribution in [0.1, 0.15) is 27.3 Å². The second-order valence-corrected chi connectivity index (χ2v) is 3.89. The van der Waals surface area contributed by atoms with Crippen LogP contribution in [0.3, 0.4) is 0 Å². The fourth-order valence-electron chi connectivity index (χ4n) is 0.957. The van der Waals surface area contributed by atoms with Gasteiger partial charge in [0.2, 0.25) is 0 Å². The maximum atomic E-state index is 10.6. The van der Waals surface area contributed by atoms with Crippen LogP contribution >= 0.6 is 11.3 Å². The van der Waals surface area contributed by atoms with Gasteiger partial charge in [-0.05, 0) is 13.5 Å². The largest absolute Gasteiger partial charge is 0.476 e. The Labute approximate surface area is 80.6 Å². The number of aromatic nitrogens is 1. The summed E-state index contributed by atoms with van der Waals surface area (Å²) in [6.07, 6.45) is 0. The van der Waals surface area contributed by atoms with E-state index in [1.54, 1.807) is 6.92 Å². The smallest absolute Gasteiger partial charge is 0.355 e. The maximum absolute atomic E-state index is 10.6. The van der Waals surface area contributed by atoms with Crippen LogP contribution in [0, 0.1) is 6.92 Å². The van der Waals surface area contributed by atoms with Gasteiger partial charge in [0.25, 0.3) is 0 Å². The Hall–Kier alpha value is -0.940. The number of aryl methyl sites for hydroxylation is 1. The maximum Gasteiger partial charge on any atom is 0.355 e. The highest BCUT2D eigenvalue weighted by molar-refractivity contribution is 7.11. The number of nitrogens with zero attached hydrogens (tertiary/aromatic N) is 1. The van der Waals surface area contributed by atoms with E-state index in [0.29, 0.717) is 6.54 Å². The molecule has 1 aromatic heterocycles. The third kappa shape index (κ3) is 2.50. The number of thiazole rings is 1. The third-order valence-corrected chi connectivity index (χ3v) is 2.54. The van der Waals surface area contributed by atoms with Crippen molar-refractivity contribution in [2.45, 2.75) is 20.4 Å². The summed E-state index contributed by atoms with van der Waals surface area (Å²) in [5, 5.41) is 12.7. The first-order valence-corrected chi connectivity index (χ1v) is 4.87. The van der Waals surface area contributed by atoms with Crippen LogP contribution in [0.5, 0.6) is 0 Å². The Morgan fingerprint density at radius 2 is 2.38 bits per heavy atom. The van der Waals surface area contributed by atoms with E-state index in [1.165, 1.54) is 11.3 Å². The summed E-state index contributed by atoms with van der Waals surface area (Å²) in [5.41, 5.74) is 0.179. The molecule has 4 nitrogen and oxygen atoms in total. The average Bonchev–Trinajstić information content (AvgIpc) is 2.43. The van der Waals surface area contributed by atoms with Crippen molar-refractivity contribution in [3.8, 4) is 0 Å². The summed E-state index contributed by atoms with van der Waals surface area (Å²) in [4.78, 5) is 15.4. The van der Waals surface area contributed by atoms with Crippen LogP contribution in [0.25, 0.3) is 0 Å². The lowest BCUT2D eigenvalue weighted by Gasteiger charge is -1.94. The highest BCUT2D eigenvalue weighted by atomic mass is 32.1. The molecular formula is C8H12N2O2S. The summed E-state index contributed by atoms with van der Waals surface area (Å²) < 4.78 is 0. The fourth-order valence-corrected chi connectivity index (χ4v) is 1.85. The van der Waals surface area contributed by atoms with Gasteiger partial charge < -0.3 is 10.4 Å². The van der Waals surface area contributed by atoms with Crippen LogP contribution in [0.15, 0.2) is 0 Å². The zero-order valence-electron chi connectivity index (χ0n) is 7.63. The van der Waals surface area contributed by atoms with E-state index in [2.05, 4.69) is 10.3 Å². The summed E-state index contributed by atoms with van der Waals surface area (Å²) in [7, 11) is 0. The summed E-state index contributed by atoms with van der Waals surface area (Å²) in [6.45, 7) is 5.28. The van der Waals surface area contributed by atoms with Gasteiger partial charge in [0, 0.05) is 11.4 Å². The van der Waals surface area contributed by atoms with Crippen molar-refractivity contribution in [1.29, 1.82) is 0 Å². The molecule has 1 aromatic rings. The first kappa shape index (κ1) is 10.1. The normalized spacial score (nSPS) is 10.3. The number of carbonyl (C=O) groups is 1. The third-order valence-electron chi connectivity index (χ3n) is 1.57. The molecule has 0 spiro atoms. The molecule has 0 fully saturated rings. The van der Waals surface area contributed by atoms with Gasteiger partial charge in [-0.2, -0.15) is 0 Å². The summed E-state index contributed by atoms with van der Waals surface area (Å²) >= 11 is 1.43. The predicted octanol–water partition coefficient (Wildman–Crippen LogP) is 1.26. The average molecular weight is 200 g/mol. The van der Waals surface area contributed by atoms with Crippen molar-refractivity contribution in [1.82, 2.24) is 10.3 Å². The molecule has 0 aliphatic rings. The van der Waals surface area contributed by atoms with E-state index in [-0.39, 0.29) is 5.69 Å². The van der Waals surface area contributed by atoms with Crippen LogP contribution < -0.4 is 5.32 Å². The van der Waals surface area contributed by atoms with Crippen molar-refractivity contribution >= 4 is 17.3 Å². The second kappa shape index (κ2) is 4.34. The Balaban J connectivity index is 2.76. The Kier molecular flexibility index (Phi) is 3.39. The van der Waals surface area contributed by atoms with E-state index < -0.39 is 5.97 Å². The molecule has 0 radical (unpaired) electrons. The molecule has 72 valence electrons. The predicted molar refractivity (Wildman–Crippen MR) is 51.2 cm³/mol. The van der Waals surface area contributed by atoms with Crippen molar-refractivity contribution in [3.63, 3.8) is 0 Å². The van der Waals surface area contributed by atoms with E-state index in [0.717, 1.165) is 16.4 Å². The monoisotopic (exact) mass is 200 g/mol. The molecule has 0 aliphatic carbocycles. The van der Waals surface area contributed by atoms with Crippen LogP contribution in [0.2, 0.25) is 0 Å². The molecule has 5 heteroatoms. The zero-order chi connectivity index (χ0) is 9.84. The number of hydrogen-bond donors (Lipinski definition) is 2. The SMILES string of the molecule is CCNCc1nc(C(=O)O)c(C)s1. The topological polar surface area (TPSA) is 62.2 Å². The molecule has 0 saturated heterocycles. The molecule has 0 aliphatic heterocycles. The summed E-state index contributed by atoms with van der Waals surface area (Å²) in [6, 6.07) is 0. The molecule has 0 unspecified atom stereocenters. The lowest BCUT2D eigenvalue weighted by molar-refractivity contribution is 0.0690. The number of aromatic carboxylic acids is 1. The van der Waals surface area contributed by atoms with E-state index in [4.69, 9.17) is 5.11 Å². The highest BCUT2D eigenvalue weighted by Gasteiger charge is 2.12. The lowest BCUT2D eigenvalue weighted by Crippen LogP contribution is -2.11. The number of hydrogen-bond acceptors (Lipinski definition) is 4.